The van der Waals surface area contributed by atoms with Crippen molar-refractivity contribution in [2.75, 3.05) is 26.3 Å². The third kappa shape index (κ3) is 9.78. The van der Waals surface area contributed by atoms with Gasteiger partial charge in [0.15, 0.2) is 14.1 Å². The molecule has 12 nitrogen and oxygen atoms in total. The Morgan fingerprint density at radius 1 is 1.15 bits per heavy atom. The van der Waals surface area contributed by atoms with Crippen LogP contribution >= 0.6 is 0 Å². The lowest BCUT2D eigenvalue weighted by molar-refractivity contribution is -0.211. The van der Waals surface area contributed by atoms with E-state index in [0.717, 1.165) is 19.4 Å². The van der Waals surface area contributed by atoms with E-state index in [-0.39, 0.29) is 47.3 Å². The quantitative estimate of drug-likeness (QED) is 0.101. The van der Waals surface area contributed by atoms with Crippen LogP contribution in [0.1, 0.15) is 67.2 Å². The summed E-state index contributed by atoms with van der Waals surface area (Å²) in [6.45, 7) is 17.9. The minimum atomic E-state index is -3.85. The van der Waals surface area contributed by atoms with Crippen LogP contribution in [-0.2, 0) is 37.9 Å². The number of ether oxygens (including phenoxy) is 5. The van der Waals surface area contributed by atoms with Gasteiger partial charge in [-0.15, -0.1) is 0 Å². The summed E-state index contributed by atoms with van der Waals surface area (Å²) in [5.74, 6) is -1.12. The number of unbranched alkanes of at least 4 members (excludes halogenated alkanes) is 1. The molecule has 0 N–H and O–H groups in total. The van der Waals surface area contributed by atoms with Gasteiger partial charge in [-0.25, -0.2) is 8.42 Å². The van der Waals surface area contributed by atoms with Crippen LogP contribution in [0.15, 0.2) is 47.6 Å². The molecule has 47 heavy (non-hydrogen) atoms. The second-order valence-electron chi connectivity index (χ2n) is 14.5. The van der Waals surface area contributed by atoms with Gasteiger partial charge in [0, 0.05) is 26.1 Å². The Balaban J connectivity index is 1.44. The summed E-state index contributed by atoms with van der Waals surface area (Å²) in [5, 5.41) is 11.4. The van der Waals surface area contributed by atoms with E-state index in [1.807, 2.05) is 26.8 Å². The van der Waals surface area contributed by atoms with Gasteiger partial charge in [-0.1, -0.05) is 63.1 Å². The molecule has 6 atom stereocenters. The lowest BCUT2D eigenvalue weighted by Crippen LogP contribution is -2.51. The van der Waals surface area contributed by atoms with Gasteiger partial charge in [0.2, 0.25) is 9.84 Å². The van der Waals surface area contributed by atoms with Crippen LogP contribution in [0, 0.1) is 5.92 Å². The summed E-state index contributed by atoms with van der Waals surface area (Å²) in [5.41, 5.74) is 0.565. The van der Waals surface area contributed by atoms with Gasteiger partial charge in [-0.3, -0.25) is 0 Å². The summed E-state index contributed by atoms with van der Waals surface area (Å²) < 4.78 is 65.4. The molecule has 0 unspecified atom stereocenters. The molecule has 2 aromatic rings. The average Bonchev–Trinajstić information content (AvgIpc) is 3.62. The van der Waals surface area contributed by atoms with Crippen LogP contribution in [-0.4, -0.2) is 99.5 Å². The molecular formula is C33H54N4O8SSi. The van der Waals surface area contributed by atoms with E-state index in [1.54, 1.807) is 31.4 Å². The maximum Gasteiger partial charge on any atom is 0.272 e. The van der Waals surface area contributed by atoms with Gasteiger partial charge in [0.05, 0.1) is 29.8 Å². The van der Waals surface area contributed by atoms with Gasteiger partial charge in [-0.2, -0.15) is 4.68 Å². The first kappa shape index (κ1) is 37.8. The highest BCUT2D eigenvalue weighted by Gasteiger charge is 2.49. The Bertz CT molecular complexity index is 1410. The second-order valence-corrected chi connectivity index (χ2v) is 21.3. The predicted molar refractivity (Wildman–Crippen MR) is 180 cm³/mol. The summed E-state index contributed by atoms with van der Waals surface area (Å²) in [4.78, 5) is 0. The number of nitrogens with zero attached hydrogens (tertiary/aromatic N) is 4. The van der Waals surface area contributed by atoms with Crippen molar-refractivity contribution in [2.24, 2.45) is 5.92 Å². The number of tetrazole rings is 1. The third-order valence-electron chi connectivity index (χ3n) is 9.42. The van der Waals surface area contributed by atoms with Crippen molar-refractivity contribution in [3.05, 3.63) is 42.5 Å². The average molecular weight is 695 g/mol. The molecule has 2 saturated heterocycles. The Morgan fingerprint density at radius 2 is 1.87 bits per heavy atom. The van der Waals surface area contributed by atoms with E-state index in [4.69, 9.17) is 28.1 Å². The van der Waals surface area contributed by atoms with Crippen molar-refractivity contribution in [3.63, 3.8) is 0 Å². The fraction of sp³-hybridized carbons (Fsp3) is 0.727. The van der Waals surface area contributed by atoms with E-state index in [2.05, 4.69) is 61.5 Å². The van der Waals surface area contributed by atoms with E-state index < -0.39 is 42.3 Å². The van der Waals surface area contributed by atoms with E-state index in [1.165, 1.54) is 4.68 Å². The van der Waals surface area contributed by atoms with Gasteiger partial charge in [-0.05, 0) is 73.8 Å². The zero-order chi connectivity index (χ0) is 34.5. The lowest BCUT2D eigenvalue weighted by atomic mass is 9.86. The lowest BCUT2D eigenvalue weighted by Gasteiger charge is -2.42. The number of aromatic nitrogens is 4. The number of methoxy groups -OCH3 is 1. The van der Waals surface area contributed by atoms with Gasteiger partial charge in [0.25, 0.3) is 5.16 Å². The van der Waals surface area contributed by atoms with Crippen LogP contribution in [0.25, 0.3) is 5.69 Å². The Kier molecular flexibility index (Phi) is 12.6. The molecule has 4 rings (SSSR count). The molecule has 2 aliphatic rings. The largest absolute Gasteiger partial charge is 0.417 e. The predicted octanol–water partition coefficient (Wildman–Crippen LogP) is 5.49. The van der Waals surface area contributed by atoms with E-state index >= 15 is 0 Å². The molecule has 0 bridgehead atoms. The SMILES string of the molecule is COCO[C@H]1C[C@H]([C@@H]2OC(C)(C)O[C@H]2/C=C/CCCO[Si](C)(C)C(C)(C)C)O[C@H](CCS(=O)(=O)c2nnnn2-c2ccccc2)[C@@H]1C. The molecule has 0 radical (unpaired) electrons. The van der Waals surface area contributed by atoms with Crippen LogP contribution in [0.2, 0.25) is 18.1 Å². The second kappa shape index (κ2) is 15.7. The molecule has 2 aliphatic heterocycles. The number of hydrogen-bond donors (Lipinski definition) is 0. The highest BCUT2D eigenvalue weighted by Crippen LogP contribution is 2.39. The molecule has 0 aliphatic carbocycles. The van der Waals surface area contributed by atoms with Crippen molar-refractivity contribution in [1.29, 1.82) is 0 Å². The molecule has 1 aromatic carbocycles. The number of allylic oxidation sites excluding steroid dienone is 1. The molecule has 0 spiro atoms. The molecule has 264 valence electrons. The van der Waals surface area contributed by atoms with Crippen LogP contribution in [0.4, 0.5) is 0 Å². The van der Waals surface area contributed by atoms with Crippen molar-refractivity contribution < 1.29 is 36.5 Å². The molecule has 3 heterocycles. The van der Waals surface area contributed by atoms with E-state index in [0.29, 0.717) is 12.1 Å². The number of benzene rings is 1. The molecule has 0 amide bonds. The summed E-state index contributed by atoms with van der Waals surface area (Å²) in [6.07, 6.45) is 4.91. The third-order valence-corrected chi connectivity index (χ3v) is 15.5. The smallest absolute Gasteiger partial charge is 0.272 e. The molecule has 1 aromatic heterocycles. The standard InChI is InChI=1S/C33H54N4O8SSi/c1-24-26(19-21-46(38,39)31-34-35-36-37(31)25-16-12-10-13-17-25)43-29(22-28(24)41-23-40-7)30-27(44-33(5,6)45-30)18-14-11-15-20-42-47(8,9)32(2,3)4/h10,12-14,16-18,24,26-30H,11,15,19-23H2,1-9H3/b18-14+/t24-,26+,27-,28-,29+,30+/m0/s1. The number of rotatable bonds is 15. The Labute approximate surface area is 281 Å². The minimum Gasteiger partial charge on any atom is -0.417 e. The normalized spacial score (nSPS) is 27.1. The van der Waals surface area contributed by atoms with Gasteiger partial charge in [0.1, 0.15) is 19.0 Å². The minimum absolute atomic E-state index is 0.105. The van der Waals surface area contributed by atoms with Gasteiger partial charge < -0.3 is 28.1 Å². The number of sulfone groups is 1. The van der Waals surface area contributed by atoms with Crippen molar-refractivity contribution in [1.82, 2.24) is 20.2 Å². The number of hydrogen-bond acceptors (Lipinski definition) is 11. The van der Waals surface area contributed by atoms with Gasteiger partial charge >= 0.3 is 0 Å². The highest BCUT2D eigenvalue weighted by atomic mass is 32.2. The summed E-state index contributed by atoms with van der Waals surface area (Å²) >= 11 is 0. The zero-order valence-electron chi connectivity index (χ0n) is 29.4. The molecule has 0 saturated carbocycles. The maximum atomic E-state index is 13.5. The number of para-hydroxylation sites is 1. The monoisotopic (exact) mass is 694 g/mol. The molecular weight excluding hydrogens is 641 g/mol. The van der Waals surface area contributed by atoms with Crippen LogP contribution in [0.3, 0.4) is 0 Å². The van der Waals surface area contributed by atoms with Crippen molar-refractivity contribution in [3.8, 4) is 5.69 Å². The Hall–Kier alpha value is -2.04. The van der Waals surface area contributed by atoms with Crippen LogP contribution < -0.4 is 0 Å². The molecule has 14 heteroatoms. The van der Waals surface area contributed by atoms with Crippen molar-refractivity contribution in [2.45, 2.75) is 127 Å². The fourth-order valence-corrected chi connectivity index (χ4v) is 8.08. The summed E-state index contributed by atoms with van der Waals surface area (Å²) in [6, 6.07) is 8.95. The topological polar surface area (TPSA) is 133 Å². The Morgan fingerprint density at radius 3 is 2.55 bits per heavy atom. The molecule has 2 fully saturated rings. The maximum absolute atomic E-state index is 13.5. The first-order chi connectivity index (χ1) is 22.0. The fourth-order valence-electron chi connectivity index (χ4n) is 5.70. The van der Waals surface area contributed by atoms with E-state index in [9.17, 15) is 8.42 Å². The van der Waals surface area contributed by atoms with Crippen molar-refractivity contribution >= 4 is 18.2 Å². The highest BCUT2D eigenvalue weighted by molar-refractivity contribution is 7.91. The first-order valence-corrected chi connectivity index (χ1v) is 21.1. The zero-order valence-corrected chi connectivity index (χ0v) is 31.2. The summed E-state index contributed by atoms with van der Waals surface area (Å²) in [7, 11) is -4.05. The first-order valence-electron chi connectivity index (χ1n) is 16.5. The van der Waals surface area contributed by atoms with Crippen LogP contribution in [0.5, 0.6) is 0 Å².